The Morgan fingerprint density at radius 1 is 1.00 bits per heavy atom. The fourth-order valence-electron chi connectivity index (χ4n) is 4.68. The molecule has 3 rings (SSSR count). The maximum absolute atomic E-state index is 13.6. The van der Waals surface area contributed by atoms with Crippen LogP contribution in [0.15, 0.2) is 0 Å². The molecule has 0 spiro atoms. The Hall–Kier alpha value is -2.79. The number of alkyl halides is 2. The number of nitrogens with one attached hydrogen (secondary N) is 3. The molecule has 0 radical (unpaired) electrons. The van der Waals surface area contributed by atoms with Gasteiger partial charge >= 0.3 is 6.09 Å². The Balaban J connectivity index is 1.79. The van der Waals surface area contributed by atoms with Crippen LogP contribution in [0, 0.1) is 17.3 Å². The summed E-state index contributed by atoms with van der Waals surface area (Å²) < 4.78 is 31.9. The van der Waals surface area contributed by atoms with E-state index in [1.165, 1.54) is 12.0 Å². The Morgan fingerprint density at radius 2 is 1.65 bits per heavy atom. The molecule has 2 aliphatic carbocycles. The molecular formula is C25H38F2N4O6. The Kier molecular flexibility index (Phi) is 8.48. The Labute approximate surface area is 215 Å². The van der Waals surface area contributed by atoms with E-state index >= 15 is 0 Å². The van der Waals surface area contributed by atoms with Gasteiger partial charge in [-0.25, -0.2) is 13.6 Å². The van der Waals surface area contributed by atoms with Gasteiger partial charge in [0.15, 0.2) is 0 Å². The number of nitrogens with zero attached hydrogens (tertiary/aromatic N) is 1. The number of likely N-dealkylation sites (tertiary alicyclic amines) is 1. The third kappa shape index (κ3) is 7.85. The summed E-state index contributed by atoms with van der Waals surface area (Å²) in [5, 5.41) is 7.59. The normalized spacial score (nSPS) is 24.7. The first-order chi connectivity index (χ1) is 17.1. The first-order valence-electron chi connectivity index (χ1n) is 12.8. The van der Waals surface area contributed by atoms with Crippen LogP contribution in [0.2, 0.25) is 0 Å². The maximum atomic E-state index is 13.6. The zero-order valence-electron chi connectivity index (χ0n) is 22.1. The van der Waals surface area contributed by atoms with Crippen molar-refractivity contribution in [3.63, 3.8) is 0 Å². The van der Waals surface area contributed by atoms with Crippen molar-refractivity contribution >= 4 is 29.6 Å². The van der Waals surface area contributed by atoms with Crippen LogP contribution >= 0.6 is 0 Å². The Bertz CT molecular complexity index is 927. The summed E-state index contributed by atoms with van der Waals surface area (Å²) in [5.74, 6) is -5.69. The summed E-state index contributed by atoms with van der Waals surface area (Å²) in [5.41, 5.74) is -0.710. The first kappa shape index (κ1) is 28.8. The number of piperidine rings is 1. The van der Waals surface area contributed by atoms with E-state index in [0.29, 0.717) is 19.9 Å². The number of hydrogen-bond acceptors (Lipinski definition) is 6. The second-order valence-corrected chi connectivity index (χ2v) is 11.7. The lowest BCUT2D eigenvalue weighted by Crippen LogP contribution is -2.62. The van der Waals surface area contributed by atoms with Crippen molar-refractivity contribution in [3.05, 3.63) is 0 Å². The second kappa shape index (κ2) is 10.9. The summed E-state index contributed by atoms with van der Waals surface area (Å²) in [4.78, 5) is 65.6. The van der Waals surface area contributed by atoms with Gasteiger partial charge in [-0.3, -0.25) is 19.2 Å². The number of ketones is 1. The standard InChI is InChI=1S/C25H38F2N4O6/c1-24(2,3)19(30-23(36)37-5)22(35)31-12-14-10-13(14)11-17(31)20(33)29-16(8-9-25(4,26)27)18(32)21(34)28-15-6-7-15/h13-17,19H,6-12H2,1-5H3,(H,28,34)(H,29,33)(H,30,36)/t13?,14?,16-,17-,19+/m0/s1. The van der Waals surface area contributed by atoms with Crippen LogP contribution < -0.4 is 16.0 Å². The van der Waals surface area contributed by atoms with Crippen LogP contribution in [0.1, 0.15) is 66.2 Å². The van der Waals surface area contributed by atoms with Crippen LogP contribution in [0.3, 0.4) is 0 Å². The van der Waals surface area contributed by atoms with Gasteiger partial charge in [0.25, 0.3) is 5.91 Å². The number of fused-ring (bicyclic) bond motifs is 1. The molecule has 2 unspecified atom stereocenters. The van der Waals surface area contributed by atoms with E-state index in [2.05, 4.69) is 20.7 Å². The van der Waals surface area contributed by atoms with Crippen molar-refractivity contribution in [2.75, 3.05) is 13.7 Å². The van der Waals surface area contributed by atoms with E-state index in [4.69, 9.17) is 0 Å². The molecule has 12 heteroatoms. The molecule has 0 aromatic carbocycles. The van der Waals surface area contributed by atoms with Crippen LogP contribution in [0.4, 0.5) is 13.6 Å². The number of Topliss-reactive ketones (excluding diaryl/α,β-unsaturated/α-hetero) is 1. The van der Waals surface area contributed by atoms with Gasteiger partial charge < -0.3 is 25.6 Å². The van der Waals surface area contributed by atoms with Gasteiger partial charge in [-0.1, -0.05) is 20.8 Å². The monoisotopic (exact) mass is 528 g/mol. The van der Waals surface area contributed by atoms with Gasteiger partial charge in [0.2, 0.25) is 23.5 Å². The number of methoxy groups -OCH3 is 1. The average molecular weight is 529 g/mol. The smallest absolute Gasteiger partial charge is 0.407 e. The predicted octanol–water partition coefficient (Wildman–Crippen LogP) is 1.76. The number of rotatable bonds is 10. The largest absolute Gasteiger partial charge is 0.453 e. The van der Waals surface area contributed by atoms with Crippen molar-refractivity contribution in [1.82, 2.24) is 20.9 Å². The van der Waals surface area contributed by atoms with Crippen molar-refractivity contribution < 1.29 is 37.5 Å². The third-order valence-corrected chi connectivity index (χ3v) is 7.19. The van der Waals surface area contributed by atoms with Gasteiger partial charge in [0.1, 0.15) is 12.1 Å². The van der Waals surface area contributed by atoms with Crippen LogP contribution in [0.5, 0.6) is 0 Å². The summed E-state index contributed by atoms with van der Waals surface area (Å²) in [6.07, 6.45) is 0.742. The van der Waals surface area contributed by atoms with Crippen molar-refractivity contribution in [2.45, 2.75) is 96.3 Å². The number of carbonyl (C=O) groups is 5. The predicted molar refractivity (Wildman–Crippen MR) is 128 cm³/mol. The van der Waals surface area contributed by atoms with Crippen LogP contribution in [-0.2, 0) is 23.9 Å². The van der Waals surface area contributed by atoms with Crippen molar-refractivity contribution in [1.29, 1.82) is 0 Å². The van der Waals surface area contributed by atoms with Crippen LogP contribution in [-0.4, -0.2) is 78.2 Å². The number of carbonyl (C=O) groups excluding carboxylic acids is 5. The number of halogens is 2. The molecule has 10 nitrogen and oxygen atoms in total. The van der Waals surface area contributed by atoms with E-state index in [1.807, 2.05) is 0 Å². The minimum atomic E-state index is -3.09. The molecule has 37 heavy (non-hydrogen) atoms. The molecule has 0 aromatic rings. The lowest BCUT2D eigenvalue weighted by molar-refractivity contribution is -0.147. The van der Waals surface area contributed by atoms with Crippen molar-refractivity contribution in [2.24, 2.45) is 17.3 Å². The minimum absolute atomic E-state index is 0.115. The van der Waals surface area contributed by atoms with E-state index in [9.17, 15) is 32.8 Å². The minimum Gasteiger partial charge on any atom is -0.453 e. The molecule has 4 amide bonds. The van der Waals surface area contributed by atoms with Gasteiger partial charge in [0, 0.05) is 19.0 Å². The van der Waals surface area contributed by atoms with Gasteiger partial charge in [0.05, 0.1) is 13.2 Å². The second-order valence-electron chi connectivity index (χ2n) is 11.7. The average Bonchev–Trinajstić information content (AvgIpc) is 3.72. The zero-order chi connectivity index (χ0) is 27.7. The highest BCUT2D eigenvalue weighted by Crippen LogP contribution is 2.47. The summed E-state index contributed by atoms with van der Waals surface area (Å²) in [6.45, 7) is 6.30. The number of ether oxygens (including phenoxy) is 1. The molecular weight excluding hydrogens is 490 g/mol. The number of hydrogen-bond donors (Lipinski definition) is 3. The summed E-state index contributed by atoms with van der Waals surface area (Å²) >= 11 is 0. The molecule has 3 fully saturated rings. The molecule has 1 aliphatic heterocycles. The molecule has 1 saturated heterocycles. The molecule has 0 aromatic heterocycles. The van der Waals surface area contributed by atoms with Gasteiger partial charge in [-0.15, -0.1) is 0 Å². The topological polar surface area (TPSA) is 134 Å². The lowest BCUT2D eigenvalue weighted by atomic mass is 9.85. The van der Waals surface area contributed by atoms with E-state index in [0.717, 1.165) is 19.3 Å². The molecule has 1 heterocycles. The summed E-state index contributed by atoms with van der Waals surface area (Å²) in [7, 11) is 1.18. The van der Waals surface area contributed by atoms with Gasteiger partial charge in [-0.05, 0) is 56.3 Å². The molecule has 5 atom stereocenters. The number of alkyl carbamates (subject to hydrolysis) is 1. The number of amides is 4. The highest BCUT2D eigenvalue weighted by atomic mass is 19.3. The Morgan fingerprint density at radius 3 is 2.19 bits per heavy atom. The molecule has 2 saturated carbocycles. The SMILES string of the molecule is COC(=O)N[C@H](C(=O)N1CC2CC2C[C@H]1C(=O)N[C@@H](CCC(C)(F)F)C(=O)C(=O)NC1CC1)C(C)(C)C. The quantitative estimate of drug-likeness (QED) is 0.370. The van der Waals surface area contributed by atoms with E-state index < -0.39 is 71.9 Å². The highest BCUT2D eigenvalue weighted by molar-refractivity contribution is 6.38. The highest BCUT2D eigenvalue weighted by Gasteiger charge is 2.51. The lowest BCUT2D eigenvalue weighted by Gasteiger charge is -2.40. The molecule has 3 N–H and O–H groups in total. The molecule has 0 bridgehead atoms. The zero-order valence-corrected chi connectivity index (χ0v) is 22.1. The molecule has 208 valence electrons. The van der Waals surface area contributed by atoms with Crippen molar-refractivity contribution in [3.8, 4) is 0 Å². The van der Waals surface area contributed by atoms with E-state index in [1.54, 1.807) is 20.8 Å². The summed E-state index contributed by atoms with van der Waals surface area (Å²) in [6, 6.07) is -3.52. The first-order valence-corrected chi connectivity index (χ1v) is 12.8. The fraction of sp³-hybridized carbons (Fsp3) is 0.800. The maximum Gasteiger partial charge on any atom is 0.407 e. The van der Waals surface area contributed by atoms with Gasteiger partial charge in [-0.2, -0.15) is 0 Å². The van der Waals surface area contributed by atoms with E-state index in [-0.39, 0.29) is 17.9 Å². The fourth-order valence-corrected chi connectivity index (χ4v) is 4.68. The third-order valence-electron chi connectivity index (χ3n) is 7.19. The molecule has 3 aliphatic rings. The van der Waals surface area contributed by atoms with Crippen LogP contribution in [0.25, 0.3) is 0 Å².